The van der Waals surface area contributed by atoms with Gasteiger partial charge in [-0.15, -0.1) is 0 Å². The van der Waals surface area contributed by atoms with E-state index in [4.69, 9.17) is 5.11 Å². The number of aliphatic carboxylic acids is 1. The summed E-state index contributed by atoms with van der Waals surface area (Å²) in [7, 11) is 0. The third-order valence-corrected chi connectivity index (χ3v) is 3.95. The Morgan fingerprint density at radius 3 is 2.65 bits per heavy atom. The highest BCUT2D eigenvalue weighted by atomic mass is 16.4. The Morgan fingerprint density at radius 1 is 1.30 bits per heavy atom. The Balaban J connectivity index is 2.00. The van der Waals surface area contributed by atoms with Gasteiger partial charge in [0.25, 0.3) is 0 Å². The highest BCUT2D eigenvalue weighted by molar-refractivity contribution is 5.78. The smallest absolute Gasteiger partial charge is 0.305 e. The zero-order chi connectivity index (χ0) is 17.0. The number of carboxylic acids is 1. The summed E-state index contributed by atoms with van der Waals surface area (Å²) < 4.78 is 2.01. The molecule has 0 radical (unpaired) electrons. The minimum atomic E-state index is -0.902. The van der Waals surface area contributed by atoms with E-state index in [0.29, 0.717) is 13.0 Å². The number of imidazole rings is 1. The van der Waals surface area contributed by atoms with E-state index in [9.17, 15) is 9.59 Å². The summed E-state index contributed by atoms with van der Waals surface area (Å²) in [6, 6.07) is 7.46. The van der Waals surface area contributed by atoms with Gasteiger partial charge in [-0.3, -0.25) is 9.59 Å². The molecular weight excluding hydrogens is 294 g/mol. The van der Waals surface area contributed by atoms with Gasteiger partial charge in [-0.05, 0) is 25.0 Å². The van der Waals surface area contributed by atoms with Gasteiger partial charge in [-0.1, -0.05) is 26.0 Å². The molecule has 6 nitrogen and oxygen atoms in total. The maximum absolute atomic E-state index is 12.1. The molecule has 0 aliphatic rings. The second-order valence-electron chi connectivity index (χ2n) is 6.07. The molecule has 6 heteroatoms. The van der Waals surface area contributed by atoms with E-state index in [-0.39, 0.29) is 24.3 Å². The summed E-state index contributed by atoms with van der Waals surface area (Å²) in [5, 5.41) is 11.7. The molecule has 1 aromatic heterocycles. The predicted molar refractivity (Wildman–Crippen MR) is 88.1 cm³/mol. The van der Waals surface area contributed by atoms with Crippen LogP contribution in [0.1, 0.15) is 32.5 Å². The monoisotopic (exact) mass is 317 g/mol. The molecule has 2 aromatic rings. The van der Waals surface area contributed by atoms with Crippen LogP contribution in [0, 0.1) is 12.8 Å². The minimum Gasteiger partial charge on any atom is -0.481 e. The van der Waals surface area contributed by atoms with Crippen LogP contribution in [0.5, 0.6) is 0 Å². The fourth-order valence-electron chi connectivity index (χ4n) is 2.61. The highest BCUT2D eigenvalue weighted by Gasteiger charge is 2.19. The Hall–Kier alpha value is -2.37. The van der Waals surface area contributed by atoms with Gasteiger partial charge in [0, 0.05) is 19.0 Å². The molecule has 0 aliphatic heterocycles. The van der Waals surface area contributed by atoms with Gasteiger partial charge >= 0.3 is 5.97 Å². The van der Waals surface area contributed by atoms with Crippen molar-refractivity contribution in [2.45, 2.75) is 46.2 Å². The van der Waals surface area contributed by atoms with Crippen LogP contribution in [-0.4, -0.2) is 32.6 Å². The average molecular weight is 317 g/mol. The molecule has 2 N–H and O–H groups in total. The van der Waals surface area contributed by atoms with Crippen molar-refractivity contribution >= 4 is 22.9 Å². The highest BCUT2D eigenvalue weighted by Crippen LogP contribution is 2.16. The lowest BCUT2D eigenvalue weighted by atomic mass is 10.0. The molecule has 2 rings (SSSR count). The average Bonchev–Trinajstić information content (AvgIpc) is 2.79. The van der Waals surface area contributed by atoms with Crippen molar-refractivity contribution in [1.82, 2.24) is 14.9 Å². The second kappa shape index (κ2) is 7.26. The first-order valence-electron chi connectivity index (χ1n) is 7.81. The van der Waals surface area contributed by atoms with E-state index in [0.717, 1.165) is 16.9 Å². The van der Waals surface area contributed by atoms with Gasteiger partial charge < -0.3 is 15.0 Å². The number of hydrogen-bond donors (Lipinski definition) is 2. The Morgan fingerprint density at radius 2 is 2.00 bits per heavy atom. The SMILES string of the molecule is Cc1nc2ccccc2n1CCC(=O)NC(CC(=O)O)C(C)C. The topological polar surface area (TPSA) is 84.2 Å². The summed E-state index contributed by atoms with van der Waals surface area (Å²) >= 11 is 0. The van der Waals surface area contributed by atoms with Gasteiger partial charge in [0.2, 0.25) is 5.91 Å². The zero-order valence-corrected chi connectivity index (χ0v) is 13.7. The Bertz CT molecular complexity index is 706. The van der Waals surface area contributed by atoms with Gasteiger partial charge in [-0.25, -0.2) is 4.98 Å². The summed E-state index contributed by atoms with van der Waals surface area (Å²) in [6.07, 6.45) is 0.237. The molecule has 1 aromatic carbocycles. The minimum absolute atomic E-state index is 0.0591. The van der Waals surface area contributed by atoms with Crippen molar-refractivity contribution in [3.05, 3.63) is 30.1 Å². The molecule has 0 saturated carbocycles. The van der Waals surface area contributed by atoms with Crippen LogP contribution in [0.3, 0.4) is 0 Å². The second-order valence-corrected chi connectivity index (χ2v) is 6.07. The summed E-state index contributed by atoms with van der Waals surface area (Å²) in [5.41, 5.74) is 1.92. The number of aromatic nitrogens is 2. The van der Waals surface area contributed by atoms with Crippen LogP contribution < -0.4 is 5.32 Å². The number of nitrogens with zero attached hydrogens (tertiary/aromatic N) is 2. The van der Waals surface area contributed by atoms with Crippen LogP contribution in [0.2, 0.25) is 0 Å². The Labute approximate surface area is 135 Å². The lowest BCUT2D eigenvalue weighted by Gasteiger charge is -2.20. The number of carboxylic acid groups (broad SMARTS) is 1. The van der Waals surface area contributed by atoms with E-state index < -0.39 is 5.97 Å². The zero-order valence-electron chi connectivity index (χ0n) is 13.7. The lowest BCUT2D eigenvalue weighted by molar-refractivity contribution is -0.138. The quantitative estimate of drug-likeness (QED) is 0.821. The first-order valence-corrected chi connectivity index (χ1v) is 7.81. The van der Waals surface area contributed by atoms with E-state index in [2.05, 4.69) is 10.3 Å². The third-order valence-electron chi connectivity index (χ3n) is 3.95. The van der Waals surface area contributed by atoms with Crippen LogP contribution in [0.25, 0.3) is 11.0 Å². The lowest BCUT2D eigenvalue weighted by Crippen LogP contribution is -2.40. The number of para-hydroxylation sites is 2. The first-order chi connectivity index (χ1) is 10.9. The number of carbonyl (C=O) groups excluding carboxylic acids is 1. The van der Waals surface area contributed by atoms with Crippen LogP contribution in [0.4, 0.5) is 0 Å². The number of benzene rings is 1. The standard InChI is InChI=1S/C17H23N3O3/c1-11(2)14(10-17(22)23)19-16(21)8-9-20-12(3)18-13-6-4-5-7-15(13)20/h4-7,11,14H,8-10H2,1-3H3,(H,19,21)(H,22,23). The van der Waals surface area contributed by atoms with Gasteiger partial charge in [0.05, 0.1) is 17.5 Å². The van der Waals surface area contributed by atoms with Crippen molar-refractivity contribution in [2.24, 2.45) is 5.92 Å². The van der Waals surface area contributed by atoms with E-state index in [1.54, 1.807) is 0 Å². The Kier molecular flexibility index (Phi) is 5.36. The van der Waals surface area contributed by atoms with Gasteiger partial charge in [0.1, 0.15) is 5.82 Å². The molecule has 23 heavy (non-hydrogen) atoms. The van der Waals surface area contributed by atoms with Crippen molar-refractivity contribution < 1.29 is 14.7 Å². The molecule has 0 aliphatic carbocycles. The predicted octanol–water partition coefficient (Wildman–Crippen LogP) is 2.35. The van der Waals surface area contributed by atoms with Crippen molar-refractivity contribution in [3.8, 4) is 0 Å². The number of nitrogens with one attached hydrogen (secondary N) is 1. The largest absolute Gasteiger partial charge is 0.481 e. The number of aryl methyl sites for hydroxylation is 2. The fraction of sp³-hybridized carbons (Fsp3) is 0.471. The van der Waals surface area contributed by atoms with Gasteiger partial charge in [-0.2, -0.15) is 0 Å². The summed E-state index contributed by atoms with van der Waals surface area (Å²) in [4.78, 5) is 27.5. The fourth-order valence-corrected chi connectivity index (χ4v) is 2.61. The first kappa shape index (κ1) is 17.0. The maximum atomic E-state index is 12.1. The van der Waals surface area contributed by atoms with Crippen LogP contribution >= 0.6 is 0 Å². The maximum Gasteiger partial charge on any atom is 0.305 e. The van der Waals surface area contributed by atoms with Crippen molar-refractivity contribution in [2.75, 3.05) is 0 Å². The molecule has 0 fully saturated rings. The number of carbonyl (C=O) groups is 2. The number of hydrogen-bond acceptors (Lipinski definition) is 3. The van der Waals surface area contributed by atoms with Crippen LogP contribution in [0.15, 0.2) is 24.3 Å². The normalized spacial score (nSPS) is 12.5. The summed E-state index contributed by atoms with van der Waals surface area (Å²) in [6.45, 7) is 6.25. The molecule has 1 heterocycles. The number of rotatable bonds is 7. The molecule has 0 spiro atoms. The van der Waals surface area contributed by atoms with E-state index in [1.807, 2.05) is 49.6 Å². The molecular formula is C17H23N3O3. The van der Waals surface area contributed by atoms with E-state index in [1.165, 1.54) is 0 Å². The van der Waals surface area contributed by atoms with Gasteiger partial charge in [0.15, 0.2) is 0 Å². The molecule has 0 bridgehead atoms. The molecule has 0 saturated heterocycles. The van der Waals surface area contributed by atoms with E-state index >= 15 is 0 Å². The van der Waals surface area contributed by atoms with Crippen LogP contribution in [-0.2, 0) is 16.1 Å². The third kappa shape index (κ3) is 4.31. The van der Waals surface area contributed by atoms with Crippen molar-refractivity contribution in [3.63, 3.8) is 0 Å². The summed E-state index contributed by atoms with van der Waals surface area (Å²) in [5.74, 6) is -0.0987. The van der Waals surface area contributed by atoms with Crippen molar-refractivity contribution in [1.29, 1.82) is 0 Å². The number of fused-ring (bicyclic) bond motifs is 1. The molecule has 1 unspecified atom stereocenters. The molecule has 1 atom stereocenters. The molecule has 1 amide bonds. The molecule has 124 valence electrons. The number of amides is 1.